The molecule has 0 aromatic heterocycles. The summed E-state index contributed by atoms with van der Waals surface area (Å²) < 4.78 is 0. The maximum Gasteiger partial charge on any atom is 0.158 e. The van der Waals surface area contributed by atoms with E-state index in [1.807, 2.05) is 19.9 Å². The van der Waals surface area contributed by atoms with Crippen LogP contribution >= 0.6 is 0 Å². The molecule has 1 aliphatic rings. The number of allylic oxidation sites excluding steroid dienone is 4. The Morgan fingerprint density at radius 2 is 2.06 bits per heavy atom. The highest BCUT2D eigenvalue weighted by atomic mass is 16.1. The van der Waals surface area contributed by atoms with Crippen LogP contribution in [0.25, 0.3) is 0 Å². The summed E-state index contributed by atoms with van der Waals surface area (Å²) in [7, 11) is 0. The largest absolute Gasteiger partial charge is 0.295 e. The zero-order valence-corrected chi connectivity index (χ0v) is 10.6. The van der Waals surface area contributed by atoms with Crippen molar-refractivity contribution in [3.63, 3.8) is 0 Å². The van der Waals surface area contributed by atoms with Crippen molar-refractivity contribution in [1.29, 1.82) is 0 Å². The fourth-order valence-corrected chi connectivity index (χ4v) is 2.05. The zero-order chi connectivity index (χ0) is 12.3. The smallest absolute Gasteiger partial charge is 0.158 e. The third kappa shape index (κ3) is 2.69. The molecule has 0 amide bonds. The Balaban J connectivity index is 3.05. The van der Waals surface area contributed by atoms with Gasteiger partial charge < -0.3 is 0 Å². The van der Waals surface area contributed by atoms with Crippen LogP contribution in [-0.2, 0) is 9.59 Å². The number of rotatable bonds is 3. The molecule has 0 saturated heterocycles. The van der Waals surface area contributed by atoms with Gasteiger partial charge in [-0.25, -0.2) is 0 Å². The second-order valence-corrected chi connectivity index (χ2v) is 5.00. The summed E-state index contributed by atoms with van der Waals surface area (Å²) in [6, 6.07) is 0. The highest BCUT2D eigenvalue weighted by Gasteiger charge is 2.30. The minimum Gasteiger partial charge on any atom is -0.295 e. The van der Waals surface area contributed by atoms with Crippen LogP contribution in [0.1, 0.15) is 47.0 Å². The van der Waals surface area contributed by atoms with Gasteiger partial charge in [0.25, 0.3) is 0 Å². The van der Waals surface area contributed by atoms with Gasteiger partial charge in [-0.1, -0.05) is 26.8 Å². The number of carbonyl (C=O) groups excluding carboxylic acids is 2. The first-order valence-electron chi connectivity index (χ1n) is 5.84. The molecule has 16 heavy (non-hydrogen) atoms. The third-order valence-corrected chi connectivity index (χ3v) is 3.31. The second-order valence-electron chi connectivity index (χ2n) is 5.00. The molecule has 0 spiro atoms. The van der Waals surface area contributed by atoms with Gasteiger partial charge >= 0.3 is 0 Å². The Hall–Kier alpha value is -1.18. The molecule has 0 N–H and O–H groups in total. The molecule has 0 bridgehead atoms. The van der Waals surface area contributed by atoms with Gasteiger partial charge in [0.05, 0.1) is 0 Å². The third-order valence-electron chi connectivity index (χ3n) is 3.31. The van der Waals surface area contributed by atoms with Gasteiger partial charge in [-0.2, -0.15) is 0 Å². The number of ketones is 2. The van der Waals surface area contributed by atoms with Crippen LogP contribution in [0, 0.1) is 5.41 Å². The molecule has 2 nitrogen and oxygen atoms in total. The van der Waals surface area contributed by atoms with Crippen molar-refractivity contribution in [3.8, 4) is 0 Å². The van der Waals surface area contributed by atoms with Crippen LogP contribution in [0.15, 0.2) is 23.3 Å². The molecule has 0 aromatic carbocycles. The molecule has 0 radical (unpaired) electrons. The lowest BCUT2D eigenvalue weighted by Crippen LogP contribution is -2.24. The SMILES string of the molecule is CCC(=O)C=CC1=C(C)C(=O)CCC1(C)C. The summed E-state index contributed by atoms with van der Waals surface area (Å²) in [6.45, 7) is 7.95. The Kier molecular flexibility index (Phi) is 3.84. The quantitative estimate of drug-likeness (QED) is 0.684. The number of carbonyl (C=O) groups is 2. The van der Waals surface area contributed by atoms with Gasteiger partial charge in [-0.3, -0.25) is 9.59 Å². The van der Waals surface area contributed by atoms with Gasteiger partial charge in [-0.15, -0.1) is 0 Å². The van der Waals surface area contributed by atoms with E-state index in [1.54, 1.807) is 6.08 Å². The van der Waals surface area contributed by atoms with Crippen molar-refractivity contribution in [2.75, 3.05) is 0 Å². The van der Waals surface area contributed by atoms with E-state index in [0.29, 0.717) is 12.8 Å². The molecule has 0 atom stereocenters. The van der Waals surface area contributed by atoms with Crippen LogP contribution < -0.4 is 0 Å². The van der Waals surface area contributed by atoms with E-state index in [9.17, 15) is 9.59 Å². The van der Waals surface area contributed by atoms with E-state index in [-0.39, 0.29) is 17.0 Å². The lowest BCUT2D eigenvalue weighted by molar-refractivity contribution is -0.117. The first kappa shape index (κ1) is 12.9. The molecule has 0 aromatic rings. The molecule has 0 unspecified atom stereocenters. The minimum atomic E-state index is 0.00249. The predicted molar refractivity (Wildman–Crippen MR) is 65.2 cm³/mol. The van der Waals surface area contributed by atoms with E-state index >= 15 is 0 Å². The van der Waals surface area contributed by atoms with E-state index in [2.05, 4.69) is 13.8 Å². The van der Waals surface area contributed by atoms with Crippen LogP contribution in [0.4, 0.5) is 0 Å². The van der Waals surface area contributed by atoms with Crippen LogP contribution in [0.5, 0.6) is 0 Å². The number of Topliss-reactive ketones (excluding diaryl/α,β-unsaturated/α-hetero) is 1. The zero-order valence-electron chi connectivity index (χ0n) is 10.6. The van der Waals surface area contributed by atoms with Crippen molar-refractivity contribution in [1.82, 2.24) is 0 Å². The molecule has 1 aliphatic carbocycles. The summed E-state index contributed by atoms with van der Waals surface area (Å²) in [5.41, 5.74) is 1.84. The first-order chi connectivity index (χ1) is 7.38. The second kappa shape index (κ2) is 4.77. The van der Waals surface area contributed by atoms with Gasteiger partial charge in [0.1, 0.15) is 0 Å². The van der Waals surface area contributed by atoms with E-state index in [0.717, 1.165) is 17.6 Å². The van der Waals surface area contributed by atoms with Crippen molar-refractivity contribution in [3.05, 3.63) is 23.3 Å². The molecular weight excluding hydrogens is 200 g/mol. The topological polar surface area (TPSA) is 34.1 Å². The fourth-order valence-electron chi connectivity index (χ4n) is 2.05. The summed E-state index contributed by atoms with van der Waals surface area (Å²) in [6.07, 6.45) is 5.43. The normalized spacial score (nSPS) is 20.6. The molecule has 88 valence electrons. The summed E-state index contributed by atoms with van der Waals surface area (Å²) in [5.74, 6) is 0.317. The Morgan fingerprint density at radius 1 is 1.44 bits per heavy atom. The molecule has 1 rings (SSSR count). The van der Waals surface area contributed by atoms with E-state index in [4.69, 9.17) is 0 Å². The monoisotopic (exact) mass is 220 g/mol. The van der Waals surface area contributed by atoms with Crippen molar-refractivity contribution in [2.45, 2.75) is 47.0 Å². The van der Waals surface area contributed by atoms with Crippen molar-refractivity contribution < 1.29 is 9.59 Å². The maximum atomic E-state index is 11.6. The Bertz CT molecular complexity index is 370. The van der Waals surface area contributed by atoms with Crippen molar-refractivity contribution in [2.24, 2.45) is 5.41 Å². The van der Waals surface area contributed by atoms with Crippen LogP contribution in [-0.4, -0.2) is 11.6 Å². The Labute approximate surface area is 97.4 Å². The fraction of sp³-hybridized carbons (Fsp3) is 0.571. The minimum absolute atomic E-state index is 0.00249. The molecule has 0 fully saturated rings. The average molecular weight is 220 g/mol. The van der Waals surface area contributed by atoms with Crippen molar-refractivity contribution >= 4 is 11.6 Å². The van der Waals surface area contributed by atoms with Crippen LogP contribution in [0.2, 0.25) is 0 Å². The highest BCUT2D eigenvalue weighted by Crippen LogP contribution is 2.39. The summed E-state index contributed by atoms with van der Waals surface area (Å²) >= 11 is 0. The number of hydrogen-bond acceptors (Lipinski definition) is 2. The molecule has 0 saturated carbocycles. The highest BCUT2D eigenvalue weighted by molar-refractivity contribution is 5.98. The summed E-state index contributed by atoms with van der Waals surface area (Å²) in [5, 5.41) is 0. The predicted octanol–water partition coefficient (Wildman–Crippen LogP) is 3.23. The molecule has 2 heteroatoms. The first-order valence-corrected chi connectivity index (χ1v) is 5.84. The van der Waals surface area contributed by atoms with Gasteiger partial charge in [0.15, 0.2) is 11.6 Å². The van der Waals surface area contributed by atoms with Gasteiger partial charge in [-0.05, 0) is 36.0 Å². The molecule has 0 aliphatic heterocycles. The van der Waals surface area contributed by atoms with Gasteiger partial charge in [0, 0.05) is 12.8 Å². The van der Waals surface area contributed by atoms with E-state index < -0.39 is 0 Å². The lowest BCUT2D eigenvalue weighted by Gasteiger charge is -2.32. The van der Waals surface area contributed by atoms with E-state index in [1.165, 1.54) is 0 Å². The summed E-state index contributed by atoms with van der Waals surface area (Å²) in [4.78, 5) is 22.9. The van der Waals surface area contributed by atoms with Gasteiger partial charge in [0.2, 0.25) is 0 Å². The molecular formula is C14H20O2. The Morgan fingerprint density at radius 3 is 2.62 bits per heavy atom. The average Bonchev–Trinajstić information content (AvgIpc) is 2.23. The molecule has 0 heterocycles. The lowest BCUT2D eigenvalue weighted by atomic mass is 9.72. The maximum absolute atomic E-state index is 11.6. The standard InChI is InChI=1S/C14H20O2/c1-5-11(15)6-7-12-10(2)13(16)8-9-14(12,3)4/h6-7H,5,8-9H2,1-4H3. The van der Waals surface area contributed by atoms with Crippen LogP contribution in [0.3, 0.4) is 0 Å². The number of hydrogen-bond donors (Lipinski definition) is 0.